The Morgan fingerprint density at radius 1 is 1.23 bits per heavy atom. The van der Waals surface area contributed by atoms with Crippen molar-refractivity contribution in [1.29, 1.82) is 0 Å². The van der Waals surface area contributed by atoms with Gasteiger partial charge in [-0.2, -0.15) is 0 Å². The molecule has 26 heavy (non-hydrogen) atoms. The summed E-state index contributed by atoms with van der Waals surface area (Å²) in [5, 5.41) is 11.0. The van der Waals surface area contributed by atoms with Crippen molar-refractivity contribution in [1.82, 2.24) is 24.5 Å². The van der Waals surface area contributed by atoms with Gasteiger partial charge in [-0.15, -0.1) is 0 Å². The van der Waals surface area contributed by atoms with Gasteiger partial charge in [-0.05, 0) is 0 Å². The number of aromatic nitrogens is 5. The van der Waals surface area contributed by atoms with E-state index in [1.807, 2.05) is 10.6 Å². The Bertz CT molecular complexity index is 1120. The van der Waals surface area contributed by atoms with E-state index >= 15 is 0 Å². The third-order valence-corrected chi connectivity index (χ3v) is 7.37. The van der Waals surface area contributed by atoms with Gasteiger partial charge in [0.15, 0.2) is 0 Å². The maximum absolute atomic E-state index is 9.21. The van der Waals surface area contributed by atoms with Crippen LogP contribution < -0.4 is 4.48 Å². The van der Waals surface area contributed by atoms with Crippen molar-refractivity contribution in [2.45, 2.75) is 22.5 Å². The Morgan fingerprint density at radius 2 is 2.08 bits per heavy atom. The second kappa shape index (κ2) is 7.62. The predicted octanol–water partition coefficient (Wildman–Crippen LogP) is 3.07. The molecule has 11 heteroatoms. The summed E-state index contributed by atoms with van der Waals surface area (Å²) in [6.45, 7) is 0.704. The van der Waals surface area contributed by atoms with Crippen LogP contribution in [0.25, 0.3) is 21.4 Å². The molecular formula is C15H10AsCl2N5OS2. The summed E-state index contributed by atoms with van der Waals surface area (Å²) in [5.41, 5.74) is 2.28. The molecular weight excluding hydrogens is 476 g/mol. The van der Waals surface area contributed by atoms with E-state index in [1.54, 1.807) is 6.07 Å². The number of fused-ring (bicyclic) bond motifs is 2. The first kappa shape index (κ1) is 18.5. The van der Waals surface area contributed by atoms with E-state index in [2.05, 4.69) is 36.8 Å². The van der Waals surface area contributed by atoms with Gasteiger partial charge in [-0.25, -0.2) is 0 Å². The Morgan fingerprint density at radius 3 is 2.88 bits per heavy atom. The number of aliphatic hydroxyl groups is 1. The van der Waals surface area contributed by atoms with Crippen LogP contribution in [-0.4, -0.2) is 53.1 Å². The van der Waals surface area contributed by atoms with E-state index in [-0.39, 0.29) is 6.61 Å². The van der Waals surface area contributed by atoms with Gasteiger partial charge in [0.2, 0.25) is 0 Å². The van der Waals surface area contributed by atoms with Crippen molar-refractivity contribution < 1.29 is 5.11 Å². The zero-order valence-corrected chi connectivity index (χ0v) is 18.1. The van der Waals surface area contributed by atoms with Crippen molar-refractivity contribution in [3.63, 3.8) is 0 Å². The van der Waals surface area contributed by atoms with Gasteiger partial charge < -0.3 is 0 Å². The number of aliphatic hydroxyl groups excluding tert-OH is 1. The summed E-state index contributed by atoms with van der Waals surface area (Å²) in [7, 11) is 0. The quantitative estimate of drug-likeness (QED) is 0.438. The van der Waals surface area contributed by atoms with Crippen LogP contribution in [-0.2, 0) is 6.54 Å². The van der Waals surface area contributed by atoms with Crippen LogP contribution in [0, 0.1) is 0 Å². The molecule has 0 saturated carbocycles. The first-order valence-corrected chi connectivity index (χ1v) is 10.8. The molecule has 0 aliphatic rings. The normalized spacial score (nSPS) is 11.7. The molecule has 1 aromatic carbocycles. The minimum atomic E-state index is 0.0964. The number of benzene rings is 1. The molecule has 0 fully saturated rings. The number of hydrogen-bond donors (Lipinski definition) is 1. The molecule has 1 N–H and O–H groups in total. The van der Waals surface area contributed by atoms with E-state index in [1.165, 1.54) is 29.4 Å². The zero-order valence-electron chi connectivity index (χ0n) is 13.1. The molecule has 0 saturated heterocycles. The average Bonchev–Trinajstić information content (AvgIpc) is 3.19. The summed E-state index contributed by atoms with van der Waals surface area (Å²) in [6, 6.07) is 3.60. The van der Waals surface area contributed by atoms with Crippen molar-refractivity contribution in [2.75, 3.05) is 6.61 Å². The summed E-state index contributed by atoms with van der Waals surface area (Å²) in [5.74, 6) is 0. The van der Waals surface area contributed by atoms with Crippen molar-refractivity contribution in [3.05, 3.63) is 28.5 Å². The molecule has 0 aliphatic heterocycles. The second-order valence-electron chi connectivity index (χ2n) is 5.28. The molecule has 0 bridgehead atoms. The topological polar surface area (TPSA) is 76.7 Å². The molecule has 3 aromatic heterocycles. The number of hydrogen-bond acceptors (Lipinski definition) is 7. The van der Waals surface area contributed by atoms with Gasteiger partial charge in [0.05, 0.1) is 0 Å². The molecule has 2 radical (unpaired) electrons. The first-order valence-electron chi connectivity index (χ1n) is 7.52. The minimum absolute atomic E-state index is 0.0964. The molecule has 0 aliphatic carbocycles. The van der Waals surface area contributed by atoms with E-state index < -0.39 is 0 Å². The van der Waals surface area contributed by atoms with Crippen molar-refractivity contribution >= 4 is 89.0 Å². The number of halogens is 2. The zero-order chi connectivity index (χ0) is 18.3. The van der Waals surface area contributed by atoms with Crippen molar-refractivity contribution in [3.8, 4) is 0 Å². The number of aryl methyl sites for hydroxylation is 1. The first-order chi connectivity index (χ1) is 12.6. The SMILES string of the molecule is OCCCn1c(Sc2nc3ccc(Cl)c(Cl)c3s2)nc2c([As])ncnc21. The van der Waals surface area contributed by atoms with Crippen LogP contribution in [0.1, 0.15) is 6.42 Å². The van der Waals surface area contributed by atoms with E-state index in [9.17, 15) is 5.11 Å². The van der Waals surface area contributed by atoms with Gasteiger partial charge in [-0.3, -0.25) is 0 Å². The summed E-state index contributed by atoms with van der Waals surface area (Å²) in [4.78, 5) is 17.8. The van der Waals surface area contributed by atoms with Crippen molar-refractivity contribution in [2.24, 2.45) is 0 Å². The molecule has 0 atom stereocenters. The Labute approximate surface area is 175 Å². The maximum atomic E-state index is 9.21. The van der Waals surface area contributed by atoms with Crippen LogP contribution in [0.15, 0.2) is 28.0 Å². The molecule has 4 rings (SSSR count). The summed E-state index contributed by atoms with van der Waals surface area (Å²) < 4.78 is 4.40. The molecule has 6 nitrogen and oxygen atoms in total. The number of imidazole rings is 1. The third-order valence-electron chi connectivity index (χ3n) is 3.63. The van der Waals surface area contributed by atoms with Gasteiger partial charge in [-0.1, -0.05) is 0 Å². The molecule has 0 spiro atoms. The fourth-order valence-corrected chi connectivity index (χ4v) is 5.46. The predicted molar refractivity (Wildman–Crippen MR) is 106 cm³/mol. The van der Waals surface area contributed by atoms with E-state index in [0.29, 0.717) is 23.0 Å². The van der Waals surface area contributed by atoms with Crippen LogP contribution in [0.3, 0.4) is 0 Å². The van der Waals surface area contributed by atoms with Crippen LogP contribution in [0.2, 0.25) is 10.0 Å². The molecule has 4 aromatic rings. The monoisotopic (exact) mass is 485 g/mol. The summed E-state index contributed by atoms with van der Waals surface area (Å²) in [6.07, 6.45) is 2.12. The van der Waals surface area contributed by atoms with Gasteiger partial charge in [0, 0.05) is 0 Å². The van der Waals surface area contributed by atoms with Crippen LogP contribution in [0.5, 0.6) is 0 Å². The molecule has 0 unspecified atom stereocenters. The average molecular weight is 486 g/mol. The molecule has 3 heterocycles. The Kier molecular flexibility index (Phi) is 5.41. The molecule has 0 amide bonds. The van der Waals surface area contributed by atoms with Gasteiger partial charge >= 0.3 is 176 Å². The second-order valence-corrected chi connectivity index (χ2v) is 9.17. The Hall–Kier alpha value is -0.892. The fourth-order valence-electron chi connectivity index (χ4n) is 2.45. The molecule has 132 valence electrons. The number of thiazole rings is 1. The van der Waals surface area contributed by atoms with E-state index in [0.717, 1.165) is 35.4 Å². The van der Waals surface area contributed by atoms with Crippen LogP contribution in [0.4, 0.5) is 0 Å². The fraction of sp³-hybridized carbons (Fsp3) is 0.200. The van der Waals surface area contributed by atoms with E-state index in [4.69, 9.17) is 23.2 Å². The van der Waals surface area contributed by atoms with Gasteiger partial charge in [0.25, 0.3) is 0 Å². The summed E-state index contributed by atoms with van der Waals surface area (Å²) >= 11 is 17.7. The standard InChI is InChI=1S/C15H10AsCl2N5OS2/c16-12-10-13(20-6-19-12)23(4-1-5-24)14(22-10)26-15-21-8-3-2-7(17)9(18)11(8)25-15/h2-3,6,24H,1,4-5H2. The number of nitrogens with zero attached hydrogens (tertiary/aromatic N) is 5. The third kappa shape index (κ3) is 3.35. The van der Waals surface area contributed by atoms with Gasteiger partial charge in [0.1, 0.15) is 0 Å². The Balaban J connectivity index is 1.79. The van der Waals surface area contributed by atoms with Crippen LogP contribution >= 0.6 is 46.3 Å². The number of rotatable bonds is 5.